The summed E-state index contributed by atoms with van der Waals surface area (Å²) in [5.74, 6) is 0. The zero-order chi connectivity index (χ0) is 23.1. The summed E-state index contributed by atoms with van der Waals surface area (Å²) in [6.45, 7) is 0.144. The Hall–Kier alpha value is -1.06. The van der Waals surface area contributed by atoms with Crippen molar-refractivity contribution in [2.45, 2.75) is 31.5 Å². The number of hydrogen-bond donors (Lipinski definition) is 6. The molecular weight excluding hydrogens is 484 g/mol. The Balaban J connectivity index is 2.09. The Kier molecular flexibility index (Phi) is 7.41. The van der Waals surface area contributed by atoms with Gasteiger partial charge in [-0.3, -0.25) is 18.9 Å². The van der Waals surface area contributed by atoms with Crippen LogP contribution in [0.15, 0.2) is 15.8 Å². The van der Waals surface area contributed by atoms with Crippen molar-refractivity contribution < 1.29 is 60.6 Å². The number of ether oxygens (including phenoxy) is 1. The van der Waals surface area contributed by atoms with Crippen LogP contribution in [0.25, 0.3) is 0 Å². The number of halogens is 1. The van der Waals surface area contributed by atoms with Gasteiger partial charge < -0.3 is 29.4 Å². The zero-order valence-electron chi connectivity index (χ0n) is 14.7. The van der Waals surface area contributed by atoms with E-state index in [9.17, 15) is 37.7 Å². The average molecular weight is 500 g/mol. The van der Waals surface area contributed by atoms with E-state index in [1.165, 1.54) is 6.92 Å². The highest BCUT2D eigenvalue weighted by Gasteiger charge is 2.47. The highest BCUT2D eigenvalue weighted by atomic mass is 31.3. The molecule has 0 aromatic carbocycles. The van der Waals surface area contributed by atoms with Crippen molar-refractivity contribution in [1.82, 2.24) is 9.55 Å². The third kappa shape index (κ3) is 6.47. The van der Waals surface area contributed by atoms with E-state index in [2.05, 4.69) is 13.1 Å². The van der Waals surface area contributed by atoms with Gasteiger partial charge in [-0.2, -0.15) is 8.62 Å². The smallest absolute Gasteiger partial charge is 0.385 e. The van der Waals surface area contributed by atoms with Gasteiger partial charge in [-0.1, -0.05) is 0 Å². The van der Waals surface area contributed by atoms with Gasteiger partial charge in [0, 0.05) is 11.8 Å². The lowest BCUT2D eigenvalue weighted by molar-refractivity contribution is -0.0531. The topological polar surface area (TPSA) is 244 Å². The Bertz CT molecular complexity index is 1050. The molecule has 0 aliphatic carbocycles. The SMILES string of the molecule is Cc1cn([C@@H]2O[C@H](COP(=O)(O)OP(=O)(O)OP(=O)(O)O)[C@@H](F)[C@H]2O)c(=O)[nH]c1=O. The van der Waals surface area contributed by atoms with Crippen molar-refractivity contribution in [3.63, 3.8) is 0 Å². The highest BCUT2D eigenvalue weighted by Crippen LogP contribution is 2.66. The quantitative estimate of drug-likeness (QED) is 0.229. The molecule has 2 heterocycles. The van der Waals surface area contributed by atoms with Crippen molar-refractivity contribution in [2.75, 3.05) is 6.61 Å². The third-order valence-electron chi connectivity index (χ3n) is 3.53. The Labute approximate surface area is 165 Å². The molecule has 2 unspecified atom stereocenters. The summed E-state index contributed by atoms with van der Waals surface area (Å²) in [6, 6.07) is 0. The maximum atomic E-state index is 14.3. The number of alkyl halides is 1. The summed E-state index contributed by atoms with van der Waals surface area (Å²) in [6.07, 6.45) is -6.76. The van der Waals surface area contributed by atoms with E-state index in [1.54, 1.807) is 0 Å². The minimum absolute atomic E-state index is 0.0255. The number of H-pyrrole nitrogens is 1. The second-order valence-corrected chi connectivity index (χ2v) is 10.3. The Morgan fingerprint density at radius 3 is 2.33 bits per heavy atom. The molecular formula is C10H16FN2O14P3. The van der Waals surface area contributed by atoms with Gasteiger partial charge in [0.05, 0.1) is 6.61 Å². The molecule has 20 heteroatoms. The number of rotatable bonds is 8. The van der Waals surface area contributed by atoms with Gasteiger partial charge in [0.15, 0.2) is 12.4 Å². The molecule has 0 radical (unpaired) electrons. The number of nitrogens with zero attached hydrogens (tertiary/aromatic N) is 1. The summed E-state index contributed by atoms with van der Waals surface area (Å²) in [7, 11) is -16.9. The fourth-order valence-electron chi connectivity index (χ4n) is 2.32. The van der Waals surface area contributed by atoms with Gasteiger partial charge in [-0.15, -0.1) is 0 Å². The number of aliphatic hydroxyl groups excluding tert-OH is 1. The van der Waals surface area contributed by atoms with E-state index in [1.807, 2.05) is 4.98 Å². The average Bonchev–Trinajstić information content (AvgIpc) is 2.81. The summed E-state index contributed by atoms with van der Waals surface area (Å²) >= 11 is 0. The molecule has 0 amide bonds. The first kappa shape index (κ1) is 25.2. The number of phosphoric ester groups is 1. The second kappa shape index (κ2) is 8.82. The van der Waals surface area contributed by atoms with Crippen LogP contribution in [0.1, 0.15) is 11.8 Å². The maximum Gasteiger partial charge on any atom is 0.490 e. The summed E-state index contributed by atoms with van der Waals surface area (Å²) < 4.78 is 64.7. The molecule has 1 aliphatic rings. The molecule has 6 atom stereocenters. The van der Waals surface area contributed by atoms with Crippen molar-refractivity contribution in [2.24, 2.45) is 0 Å². The van der Waals surface area contributed by atoms with E-state index in [0.29, 0.717) is 4.57 Å². The summed E-state index contributed by atoms with van der Waals surface area (Å²) in [5.41, 5.74) is -1.75. The number of aryl methyl sites for hydroxylation is 1. The molecule has 0 saturated carbocycles. The molecule has 1 saturated heterocycles. The first-order chi connectivity index (χ1) is 13.5. The van der Waals surface area contributed by atoms with Gasteiger partial charge in [0.1, 0.15) is 12.2 Å². The minimum atomic E-state index is -5.77. The molecule has 1 aromatic heterocycles. The van der Waals surface area contributed by atoms with E-state index < -0.39 is 65.9 Å². The Morgan fingerprint density at radius 2 is 1.77 bits per heavy atom. The molecule has 2 rings (SSSR count). The van der Waals surface area contributed by atoms with Crippen LogP contribution in [0.2, 0.25) is 0 Å². The maximum absolute atomic E-state index is 14.3. The van der Waals surface area contributed by atoms with Crippen LogP contribution in [0.5, 0.6) is 0 Å². The van der Waals surface area contributed by atoms with Gasteiger partial charge in [-0.05, 0) is 6.92 Å². The van der Waals surface area contributed by atoms with Gasteiger partial charge in [-0.25, -0.2) is 22.9 Å². The first-order valence-corrected chi connectivity index (χ1v) is 12.1. The van der Waals surface area contributed by atoms with Crippen LogP contribution in [-0.4, -0.2) is 59.2 Å². The molecule has 1 fully saturated rings. The standard InChI is InChI=1S/C10H16FN2O14P3/c1-4-2-13(10(16)12-8(4)15)9-7(14)6(11)5(25-9)3-24-29(20,21)27-30(22,23)26-28(17,18)19/h2,5-7,9,14H,3H2,1H3,(H,20,21)(H,22,23)(H,12,15,16)(H2,17,18,19)/t5-,6-,7-,9-/m1/s1. The van der Waals surface area contributed by atoms with Gasteiger partial charge in [0.25, 0.3) is 5.56 Å². The monoisotopic (exact) mass is 500 g/mol. The first-order valence-electron chi connectivity index (χ1n) is 7.59. The lowest BCUT2D eigenvalue weighted by atomic mass is 10.1. The second-order valence-electron chi connectivity index (χ2n) is 5.87. The van der Waals surface area contributed by atoms with Crippen molar-refractivity contribution >= 4 is 23.5 Å². The highest BCUT2D eigenvalue weighted by molar-refractivity contribution is 7.66. The molecule has 16 nitrogen and oxygen atoms in total. The van der Waals surface area contributed by atoms with Crippen LogP contribution in [0.3, 0.4) is 0 Å². The molecule has 6 N–H and O–H groups in total. The molecule has 30 heavy (non-hydrogen) atoms. The van der Waals surface area contributed by atoms with E-state index in [-0.39, 0.29) is 5.56 Å². The minimum Gasteiger partial charge on any atom is -0.385 e. The molecule has 0 bridgehead atoms. The molecule has 1 aromatic rings. The predicted molar refractivity (Wildman–Crippen MR) is 90.7 cm³/mol. The molecule has 0 spiro atoms. The molecule has 172 valence electrons. The van der Waals surface area contributed by atoms with E-state index in [4.69, 9.17) is 19.4 Å². The lowest BCUT2D eigenvalue weighted by Crippen LogP contribution is -2.37. The zero-order valence-corrected chi connectivity index (χ0v) is 17.4. The number of nitrogens with one attached hydrogen (secondary N) is 1. The Morgan fingerprint density at radius 1 is 1.17 bits per heavy atom. The van der Waals surface area contributed by atoms with Crippen molar-refractivity contribution in [3.8, 4) is 0 Å². The van der Waals surface area contributed by atoms with Crippen LogP contribution in [-0.2, 0) is 31.6 Å². The summed E-state index contributed by atoms with van der Waals surface area (Å²) in [5, 5.41) is 9.95. The van der Waals surface area contributed by atoms with Crippen LogP contribution in [0.4, 0.5) is 4.39 Å². The van der Waals surface area contributed by atoms with Crippen molar-refractivity contribution in [1.29, 1.82) is 0 Å². The predicted octanol–water partition coefficient (Wildman–Crippen LogP) is -1.22. The van der Waals surface area contributed by atoms with Crippen LogP contribution in [0, 0.1) is 6.92 Å². The van der Waals surface area contributed by atoms with Gasteiger partial charge in [0.2, 0.25) is 0 Å². The van der Waals surface area contributed by atoms with Crippen LogP contribution >= 0.6 is 23.5 Å². The third-order valence-corrected chi connectivity index (χ3v) is 7.33. The van der Waals surface area contributed by atoms with Crippen molar-refractivity contribution in [3.05, 3.63) is 32.6 Å². The normalized spacial score (nSPS) is 28.8. The van der Waals surface area contributed by atoms with E-state index in [0.717, 1.165) is 6.20 Å². The molecule has 1 aliphatic heterocycles. The number of aromatic nitrogens is 2. The van der Waals surface area contributed by atoms with E-state index >= 15 is 0 Å². The fraction of sp³-hybridized carbons (Fsp3) is 0.600. The largest absolute Gasteiger partial charge is 0.490 e. The number of aliphatic hydroxyl groups is 1. The van der Waals surface area contributed by atoms with Gasteiger partial charge >= 0.3 is 29.2 Å². The number of hydrogen-bond acceptors (Lipinski definition) is 10. The fourth-order valence-corrected chi connectivity index (χ4v) is 5.35. The number of phosphoric acid groups is 3. The summed E-state index contributed by atoms with van der Waals surface area (Å²) in [4.78, 5) is 60.4. The lowest BCUT2D eigenvalue weighted by Gasteiger charge is -2.19. The number of aromatic amines is 1. The van der Waals surface area contributed by atoms with Crippen LogP contribution < -0.4 is 11.2 Å².